The molecule has 0 bridgehead atoms. The number of fused-ring (bicyclic) bond motifs is 1. The monoisotopic (exact) mass is 246 g/mol. The van der Waals surface area contributed by atoms with Gasteiger partial charge in [0.2, 0.25) is 15.9 Å². The second kappa shape index (κ2) is 3.70. The van der Waals surface area contributed by atoms with Gasteiger partial charge in [0.1, 0.15) is 0 Å². The van der Waals surface area contributed by atoms with Crippen molar-refractivity contribution in [1.29, 1.82) is 0 Å². The van der Waals surface area contributed by atoms with Crippen molar-refractivity contribution >= 4 is 15.9 Å². The predicted molar refractivity (Wildman–Crippen MR) is 60.2 cm³/mol. The molecular weight excluding hydrogens is 228 g/mol. The van der Waals surface area contributed by atoms with Gasteiger partial charge in [-0.25, -0.2) is 12.7 Å². The van der Waals surface area contributed by atoms with Crippen LogP contribution in [0.25, 0.3) is 0 Å². The number of sulfonamides is 1. The Labute approximate surface area is 96.2 Å². The molecule has 2 aliphatic rings. The number of carbonyl (C=O) groups excluding carboxylic acids is 1. The van der Waals surface area contributed by atoms with E-state index in [2.05, 4.69) is 5.32 Å². The van der Waals surface area contributed by atoms with E-state index in [-0.39, 0.29) is 29.7 Å². The van der Waals surface area contributed by atoms with Crippen LogP contribution in [-0.2, 0) is 14.8 Å². The number of nitrogens with zero attached hydrogens (tertiary/aromatic N) is 1. The molecule has 0 aromatic carbocycles. The fourth-order valence-corrected chi connectivity index (χ4v) is 4.16. The summed E-state index contributed by atoms with van der Waals surface area (Å²) in [6.45, 7) is 5.28. The fraction of sp³-hybridized carbons (Fsp3) is 0.900. The summed E-state index contributed by atoms with van der Waals surface area (Å²) in [5.74, 6) is -0.0439. The topological polar surface area (TPSA) is 66.5 Å². The maximum absolute atomic E-state index is 12.1. The van der Waals surface area contributed by atoms with E-state index in [9.17, 15) is 13.2 Å². The number of hydrogen-bond acceptors (Lipinski definition) is 4. The molecule has 2 fully saturated rings. The minimum absolute atomic E-state index is 0.141. The van der Waals surface area contributed by atoms with Gasteiger partial charge < -0.3 is 5.32 Å². The third kappa shape index (κ3) is 1.64. The van der Waals surface area contributed by atoms with Crippen molar-refractivity contribution in [3.05, 3.63) is 0 Å². The summed E-state index contributed by atoms with van der Waals surface area (Å²) in [5.41, 5.74) is 0. The minimum atomic E-state index is -3.43. The average Bonchev–Trinajstić information content (AvgIpc) is 2.58. The second-order valence-corrected chi connectivity index (χ2v) is 6.92. The van der Waals surface area contributed by atoms with Gasteiger partial charge in [-0.05, 0) is 5.92 Å². The predicted octanol–water partition coefficient (Wildman–Crippen LogP) is -0.352. The summed E-state index contributed by atoms with van der Waals surface area (Å²) in [4.78, 5) is 12.1. The molecule has 0 spiro atoms. The first kappa shape index (κ1) is 11.9. The molecule has 1 unspecified atom stereocenters. The fourth-order valence-electron chi connectivity index (χ4n) is 2.99. The van der Waals surface area contributed by atoms with Gasteiger partial charge in [0.25, 0.3) is 0 Å². The molecule has 5 nitrogen and oxygen atoms in total. The van der Waals surface area contributed by atoms with E-state index in [0.717, 1.165) is 17.1 Å². The van der Waals surface area contributed by atoms with Crippen LogP contribution in [0, 0.1) is 17.8 Å². The van der Waals surface area contributed by atoms with Crippen molar-refractivity contribution in [2.24, 2.45) is 17.8 Å². The maximum atomic E-state index is 12.1. The van der Waals surface area contributed by atoms with Gasteiger partial charge >= 0.3 is 0 Å². The molecule has 3 atom stereocenters. The van der Waals surface area contributed by atoms with E-state index < -0.39 is 10.0 Å². The van der Waals surface area contributed by atoms with Gasteiger partial charge in [0, 0.05) is 24.9 Å². The molecule has 1 N–H and O–H groups in total. The van der Waals surface area contributed by atoms with E-state index in [4.69, 9.17) is 0 Å². The Bertz CT molecular complexity index is 404. The summed E-state index contributed by atoms with van der Waals surface area (Å²) >= 11 is 0. The van der Waals surface area contributed by atoms with E-state index in [0.29, 0.717) is 6.54 Å². The number of nitrogens with one attached hydrogen (secondary N) is 1. The molecule has 6 heteroatoms. The molecule has 0 aromatic heterocycles. The zero-order valence-corrected chi connectivity index (χ0v) is 10.6. The maximum Gasteiger partial charge on any atom is 0.240 e. The third-order valence-electron chi connectivity index (χ3n) is 3.57. The zero-order chi connectivity index (χ0) is 12.1. The Morgan fingerprint density at radius 1 is 1.38 bits per heavy atom. The molecule has 2 rings (SSSR count). The number of rotatable bonds is 2. The van der Waals surface area contributed by atoms with E-state index in [1.165, 1.54) is 0 Å². The first-order valence-corrected chi connectivity index (χ1v) is 7.43. The lowest BCUT2D eigenvalue weighted by molar-refractivity contribution is -0.129. The molecule has 0 radical (unpaired) electrons. The molecule has 2 heterocycles. The van der Waals surface area contributed by atoms with Gasteiger partial charge in [-0.1, -0.05) is 13.8 Å². The molecule has 2 saturated heterocycles. The third-order valence-corrected chi connectivity index (χ3v) is 4.73. The Morgan fingerprint density at radius 3 is 2.50 bits per heavy atom. The molecule has 0 saturated carbocycles. The van der Waals surface area contributed by atoms with Crippen LogP contribution in [0.5, 0.6) is 0 Å². The highest BCUT2D eigenvalue weighted by Crippen LogP contribution is 2.38. The van der Waals surface area contributed by atoms with E-state index in [1.54, 1.807) is 0 Å². The van der Waals surface area contributed by atoms with Crippen LogP contribution < -0.4 is 5.32 Å². The highest BCUT2D eigenvalue weighted by molar-refractivity contribution is 7.88. The van der Waals surface area contributed by atoms with Gasteiger partial charge in [0.05, 0.1) is 12.3 Å². The summed E-state index contributed by atoms with van der Waals surface area (Å²) in [6.07, 6.45) is 1.11. The second-order valence-electron chi connectivity index (χ2n) is 5.06. The van der Waals surface area contributed by atoms with Crippen molar-refractivity contribution < 1.29 is 13.2 Å². The van der Waals surface area contributed by atoms with E-state index in [1.807, 2.05) is 13.8 Å². The first-order valence-electron chi connectivity index (χ1n) is 5.58. The molecule has 16 heavy (non-hydrogen) atoms. The molecular formula is C10H18N2O3S. The smallest absolute Gasteiger partial charge is 0.240 e. The Hall–Kier alpha value is -0.620. The lowest BCUT2D eigenvalue weighted by Gasteiger charge is -2.20. The normalized spacial score (nSPS) is 34.9. The molecule has 92 valence electrons. The largest absolute Gasteiger partial charge is 0.314 e. The average molecular weight is 246 g/mol. The lowest BCUT2D eigenvalue weighted by Crippen LogP contribution is -2.41. The van der Waals surface area contributed by atoms with Crippen LogP contribution >= 0.6 is 0 Å². The summed E-state index contributed by atoms with van der Waals surface area (Å²) < 4.78 is 24.4. The molecule has 2 aliphatic heterocycles. The molecule has 0 aromatic rings. The number of hydrogen-bond donors (Lipinski definition) is 1. The Morgan fingerprint density at radius 2 is 2.00 bits per heavy atom. The lowest BCUT2D eigenvalue weighted by atomic mass is 9.84. The van der Waals surface area contributed by atoms with Gasteiger partial charge in [-0.15, -0.1) is 0 Å². The van der Waals surface area contributed by atoms with Crippen LogP contribution in [0.3, 0.4) is 0 Å². The van der Waals surface area contributed by atoms with Gasteiger partial charge in [-0.3, -0.25) is 4.79 Å². The number of amides is 1. The van der Waals surface area contributed by atoms with Crippen LogP contribution in [-0.4, -0.2) is 44.0 Å². The zero-order valence-electron chi connectivity index (χ0n) is 9.80. The van der Waals surface area contributed by atoms with Crippen molar-refractivity contribution in [2.45, 2.75) is 19.9 Å². The summed E-state index contributed by atoms with van der Waals surface area (Å²) in [5, 5.41) is 3.17. The number of carbonyl (C=O) groups is 1. The van der Waals surface area contributed by atoms with Crippen molar-refractivity contribution in [2.75, 3.05) is 19.3 Å². The van der Waals surface area contributed by atoms with Gasteiger partial charge in [-0.2, -0.15) is 0 Å². The Kier molecular flexibility index (Phi) is 2.74. The standard InChI is InChI=1S/C10H18N2O3S/c1-6(2)9-7-4-11-5-8(7)12(10(9)13)16(3,14)15/h6-9,11H,4-5H2,1-3H3/t7-,8?,9+/m0/s1. The van der Waals surface area contributed by atoms with E-state index >= 15 is 0 Å². The molecule has 1 amide bonds. The van der Waals surface area contributed by atoms with Crippen molar-refractivity contribution in [1.82, 2.24) is 9.62 Å². The summed E-state index contributed by atoms with van der Waals surface area (Å²) in [7, 11) is -3.43. The SMILES string of the molecule is CC(C)[C@H]1C(=O)N(S(C)(=O)=O)C2CNC[C@@H]21. The van der Waals surface area contributed by atoms with Crippen LogP contribution in [0.1, 0.15) is 13.8 Å². The summed E-state index contributed by atoms with van der Waals surface area (Å²) in [6, 6.07) is -0.171. The first-order chi connectivity index (χ1) is 7.34. The molecule has 0 aliphatic carbocycles. The van der Waals surface area contributed by atoms with Crippen LogP contribution in [0.4, 0.5) is 0 Å². The Balaban J connectivity index is 2.39. The minimum Gasteiger partial charge on any atom is -0.314 e. The van der Waals surface area contributed by atoms with Gasteiger partial charge in [0.15, 0.2) is 0 Å². The van der Waals surface area contributed by atoms with Crippen molar-refractivity contribution in [3.8, 4) is 0 Å². The highest BCUT2D eigenvalue weighted by atomic mass is 32.2. The quantitative estimate of drug-likeness (QED) is 0.723. The van der Waals surface area contributed by atoms with Crippen LogP contribution in [0.2, 0.25) is 0 Å². The highest BCUT2D eigenvalue weighted by Gasteiger charge is 2.54. The van der Waals surface area contributed by atoms with Crippen molar-refractivity contribution in [3.63, 3.8) is 0 Å². The van der Waals surface area contributed by atoms with Crippen LogP contribution in [0.15, 0.2) is 0 Å².